The molecule has 0 unspecified atom stereocenters. The fourth-order valence-electron chi connectivity index (χ4n) is 1.58. The summed E-state index contributed by atoms with van der Waals surface area (Å²) in [6.07, 6.45) is 2.69. The highest BCUT2D eigenvalue weighted by Crippen LogP contribution is 2.16. The molecule has 2 heterocycles. The van der Waals surface area contributed by atoms with Gasteiger partial charge in [-0.05, 0) is 19.1 Å². The quantitative estimate of drug-likeness (QED) is 0.789. The zero-order valence-corrected chi connectivity index (χ0v) is 11.5. The first kappa shape index (κ1) is 13.6. The lowest BCUT2D eigenvalue weighted by Crippen LogP contribution is -2.08. The van der Waals surface area contributed by atoms with Crippen molar-refractivity contribution >= 4 is 22.4 Å². The first-order valence-corrected chi connectivity index (χ1v) is 7.02. The fraction of sp³-hybridized carbons (Fsp3) is 0.385. The molecule has 2 aromatic heterocycles. The number of carbonyl (C=O) groups is 1. The number of ether oxygens (including phenoxy) is 1. The third kappa shape index (κ3) is 4.40. The normalized spacial score (nSPS) is 10.4. The van der Waals surface area contributed by atoms with Crippen LogP contribution in [0.15, 0.2) is 28.2 Å². The summed E-state index contributed by atoms with van der Waals surface area (Å²) in [4.78, 5) is 15.6. The average molecular weight is 280 g/mol. The summed E-state index contributed by atoms with van der Waals surface area (Å²) in [6, 6.07) is 3.81. The lowest BCUT2D eigenvalue weighted by Gasteiger charge is -2.00. The van der Waals surface area contributed by atoms with Crippen molar-refractivity contribution < 1.29 is 13.9 Å². The van der Waals surface area contributed by atoms with Crippen LogP contribution in [0.3, 0.4) is 0 Å². The number of nitrogens with one attached hydrogen (secondary N) is 1. The van der Waals surface area contributed by atoms with Gasteiger partial charge in [-0.25, -0.2) is 4.98 Å². The molecule has 0 fully saturated rings. The highest BCUT2D eigenvalue weighted by atomic mass is 32.1. The van der Waals surface area contributed by atoms with E-state index >= 15 is 0 Å². The largest absolute Gasteiger partial charge is 0.469 e. The fourth-order valence-corrected chi connectivity index (χ4v) is 2.32. The average Bonchev–Trinajstić information content (AvgIpc) is 3.01. The lowest BCUT2D eigenvalue weighted by atomic mass is 10.3. The Morgan fingerprint density at radius 2 is 2.47 bits per heavy atom. The molecule has 0 aromatic carbocycles. The lowest BCUT2D eigenvalue weighted by molar-refractivity contribution is -0.142. The number of aromatic nitrogens is 1. The van der Waals surface area contributed by atoms with Crippen LogP contribution in [0.25, 0.3) is 0 Å². The predicted molar refractivity (Wildman–Crippen MR) is 73.4 cm³/mol. The number of hydrogen-bond acceptors (Lipinski definition) is 6. The van der Waals surface area contributed by atoms with Gasteiger partial charge in [0.25, 0.3) is 0 Å². The van der Waals surface area contributed by atoms with Crippen LogP contribution in [0.1, 0.15) is 18.4 Å². The van der Waals surface area contributed by atoms with Crippen molar-refractivity contribution in [3.05, 3.63) is 35.2 Å². The molecule has 5 nitrogen and oxygen atoms in total. The SMILES string of the molecule is CCOC(=O)Cc1csc(NCCc2ccco2)n1. The van der Waals surface area contributed by atoms with Crippen LogP contribution in [-0.4, -0.2) is 24.1 Å². The zero-order valence-electron chi connectivity index (χ0n) is 10.7. The molecule has 19 heavy (non-hydrogen) atoms. The van der Waals surface area contributed by atoms with Gasteiger partial charge in [-0.2, -0.15) is 0 Å². The summed E-state index contributed by atoms with van der Waals surface area (Å²) in [7, 11) is 0. The minimum Gasteiger partial charge on any atom is -0.469 e. The maximum Gasteiger partial charge on any atom is 0.311 e. The Kier molecular flexibility index (Phi) is 4.97. The summed E-state index contributed by atoms with van der Waals surface area (Å²) in [5, 5.41) is 5.88. The van der Waals surface area contributed by atoms with Crippen molar-refractivity contribution in [3.63, 3.8) is 0 Å². The standard InChI is InChI=1S/C13H16N2O3S/c1-2-17-12(16)8-10-9-19-13(15-10)14-6-5-11-4-3-7-18-11/h3-4,7,9H,2,5-6,8H2,1H3,(H,14,15). The third-order valence-electron chi connectivity index (χ3n) is 2.41. The Morgan fingerprint density at radius 1 is 1.58 bits per heavy atom. The topological polar surface area (TPSA) is 64.4 Å². The highest BCUT2D eigenvalue weighted by molar-refractivity contribution is 7.13. The molecule has 102 valence electrons. The van der Waals surface area contributed by atoms with Crippen molar-refractivity contribution in [1.29, 1.82) is 0 Å². The second kappa shape index (κ2) is 6.94. The highest BCUT2D eigenvalue weighted by Gasteiger charge is 2.08. The minimum absolute atomic E-state index is 0.226. The molecule has 2 aromatic rings. The number of anilines is 1. The van der Waals surface area contributed by atoms with Crippen molar-refractivity contribution in [1.82, 2.24) is 4.98 Å². The van der Waals surface area contributed by atoms with Crippen LogP contribution < -0.4 is 5.32 Å². The Balaban J connectivity index is 1.75. The molecule has 0 saturated heterocycles. The number of nitrogens with zero attached hydrogens (tertiary/aromatic N) is 1. The molecule has 6 heteroatoms. The van der Waals surface area contributed by atoms with Gasteiger partial charge in [0.2, 0.25) is 0 Å². The van der Waals surface area contributed by atoms with Gasteiger partial charge in [0, 0.05) is 18.3 Å². The Morgan fingerprint density at radius 3 is 3.21 bits per heavy atom. The Bertz CT molecular complexity index is 508. The van der Waals surface area contributed by atoms with E-state index in [4.69, 9.17) is 9.15 Å². The van der Waals surface area contributed by atoms with Gasteiger partial charge < -0.3 is 14.5 Å². The molecule has 0 aliphatic carbocycles. The van der Waals surface area contributed by atoms with Crippen LogP contribution in [-0.2, 0) is 22.4 Å². The second-order valence-corrected chi connectivity index (χ2v) is 4.74. The van der Waals surface area contributed by atoms with Crippen LogP contribution >= 0.6 is 11.3 Å². The number of furan rings is 1. The monoisotopic (exact) mass is 280 g/mol. The van der Waals surface area contributed by atoms with Crippen LogP contribution in [0.4, 0.5) is 5.13 Å². The molecule has 0 radical (unpaired) electrons. The maximum atomic E-state index is 11.3. The van der Waals surface area contributed by atoms with Gasteiger partial charge in [0.15, 0.2) is 5.13 Å². The number of hydrogen-bond donors (Lipinski definition) is 1. The van der Waals surface area contributed by atoms with E-state index in [2.05, 4.69) is 10.3 Å². The van der Waals surface area contributed by atoms with E-state index in [0.29, 0.717) is 6.61 Å². The van der Waals surface area contributed by atoms with Crippen LogP contribution in [0, 0.1) is 0 Å². The van der Waals surface area contributed by atoms with Crippen molar-refractivity contribution in [2.24, 2.45) is 0 Å². The summed E-state index contributed by atoms with van der Waals surface area (Å²) < 4.78 is 10.1. The Labute approximate surface area is 115 Å². The number of carbonyl (C=O) groups excluding carboxylic acids is 1. The summed E-state index contributed by atoms with van der Waals surface area (Å²) in [6.45, 7) is 2.94. The van der Waals surface area contributed by atoms with Crippen molar-refractivity contribution in [3.8, 4) is 0 Å². The molecule has 0 saturated carbocycles. The van der Waals surface area contributed by atoms with Crippen LogP contribution in [0.2, 0.25) is 0 Å². The molecule has 2 rings (SSSR count). The van der Waals surface area contributed by atoms with Gasteiger partial charge in [-0.15, -0.1) is 11.3 Å². The van der Waals surface area contributed by atoms with Gasteiger partial charge in [-0.3, -0.25) is 4.79 Å². The molecule has 1 N–H and O–H groups in total. The van der Waals surface area contributed by atoms with Crippen molar-refractivity contribution in [2.45, 2.75) is 19.8 Å². The van der Waals surface area contributed by atoms with Crippen molar-refractivity contribution in [2.75, 3.05) is 18.5 Å². The van der Waals surface area contributed by atoms with E-state index < -0.39 is 0 Å². The summed E-state index contributed by atoms with van der Waals surface area (Å²) >= 11 is 1.49. The predicted octanol–water partition coefficient (Wildman–Crippen LogP) is 2.50. The molecule has 0 spiro atoms. The van der Waals surface area contributed by atoms with Gasteiger partial charge >= 0.3 is 5.97 Å². The first-order valence-electron chi connectivity index (χ1n) is 6.14. The summed E-state index contributed by atoms with van der Waals surface area (Å²) in [5.41, 5.74) is 0.740. The molecule has 0 bridgehead atoms. The van der Waals surface area contributed by atoms with E-state index in [1.165, 1.54) is 11.3 Å². The Hall–Kier alpha value is -1.82. The van der Waals surface area contributed by atoms with E-state index in [1.807, 2.05) is 17.5 Å². The smallest absolute Gasteiger partial charge is 0.311 e. The zero-order chi connectivity index (χ0) is 13.5. The molecule has 0 atom stereocenters. The first-order chi connectivity index (χ1) is 9.28. The number of rotatable bonds is 7. The minimum atomic E-state index is -0.241. The second-order valence-electron chi connectivity index (χ2n) is 3.88. The van der Waals surface area contributed by atoms with Gasteiger partial charge in [-0.1, -0.05) is 0 Å². The van der Waals surface area contributed by atoms with Gasteiger partial charge in [0.05, 0.1) is 25.0 Å². The van der Waals surface area contributed by atoms with E-state index in [0.717, 1.165) is 29.6 Å². The third-order valence-corrected chi connectivity index (χ3v) is 3.26. The number of esters is 1. The molecular weight excluding hydrogens is 264 g/mol. The van der Waals surface area contributed by atoms with Gasteiger partial charge in [0.1, 0.15) is 5.76 Å². The summed E-state index contributed by atoms with van der Waals surface area (Å²) in [5.74, 6) is 0.700. The van der Waals surface area contributed by atoms with E-state index in [-0.39, 0.29) is 12.4 Å². The molecule has 0 aliphatic heterocycles. The van der Waals surface area contributed by atoms with E-state index in [9.17, 15) is 4.79 Å². The maximum absolute atomic E-state index is 11.3. The molecule has 0 amide bonds. The number of thiazole rings is 1. The molecular formula is C13H16N2O3S. The van der Waals surface area contributed by atoms with E-state index in [1.54, 1.807) is 13.2 Å². The van der Waals surface area contributed by atoms with Crippen LogP contribution in [0.5, 0.6) is 0 Å². The molecule has 0 aliphatic rings.